The van der Waals surface area contributed by atoms with Gasteiger partial charge in [0.1, 0.15) is 6.10 Å². The van der Waals surface area contributed by atoms with Gasteiger partial charge in [-0.05, 0) is 30.5 Å². The quantitative estimate of drug-likeness (QED) is 0.865. The van der Waals surface area contributed by atoms with Gasteiger partial charge in [-0.1, -0.05) is 23.7 Å². The molecule has 0 saturated carbocycles. The molecular formula is C18H24ClN3O3. The van der Waals surface area contributed by atoms with Crippen LogP contribution in [0.2, 0.25) is 5.02 Å². The molecule has 136 valence electrons. The van der Waals surface area contributed by atoms with Crippen molar-refractivity contribution in [1.82, 2.24) is 9.80 Å². The van der Waals surface area contributed by atoms with Gasteiger partial charge in [-0.3, -0.25) is 9.59 Å². The number of halogens is 1. The van der Waals surface area contributed by atoms with Gasteiger partial charge in [-0.25, -0.2) is 0 Å². The summed E-state index contributed by atoms with van der Waals surface area (Å²) in [7, 11) is 0. The van der Waals surface area contributed by atoms with Crippen molar-refractivity contribution < 1.29 is 14.3 Å². The average molecular weight is 366 g/mol. The third-order valence-corrected chi connectivity index (χ3v) is 5.11. The highest BCUT2D eigenvalue weighted by Gasteiger charge is 2.34. The molecule has 3 rings (SSSR count). The van der Waals surface area contributed by atoms with Crippen LogP contribution < -0.4 is 5.73 Å². The van der Waals surface area contributed by atoms with Gasteiger partial charge < -0.3 is 20.3 Å². The maximum absolute atomic E-state index is 12.5. The minimum atomic E-state index is -0.370. The molecule has 6 nitrogen and oxygen atoms in total. The molecular weight excluding hydrogens is 342 g/mol. The molecule has 2 atom stereocenters. The van der Waals surface area contributed by atoms with E-state index in [0.29, 0.717) is 44.2 Å². The van der Waals surface area contributed by atoms with Crippen LogP contribution in [0.5, 0.6) is 0 Å². The Morgan fingerprint density at radius 3 is 2.32 bits per heavy atom. The lowest BCUT2D eigenvalue weighted by Crippen LogP contribution is -2.53. The number of rotatable bonds is 4. The van der Waals surface area contributed by atoms with Crippen LogP contribution in [0.15, 0.2) is 24.3 Å². The second kappa shape index (κ2) is 8.17. The van der Waals surface area contributed by atoms with E-state index in [0.717, 1.165) is 18.4 Å². The highest BCUT2D eigenvalue weighted by Crippen LogP contribution is 2.21. The number of carbonyl (C=O) groups is 2. The first-order chi connectivity index (χ1) is 12.1. The Kier molecular flexibility index (Phi) is 5.93. The second-order valence-corrected chi connectivity index (χ2v) is 7.01. The van der Waals surface area contributed by atoms with Crippen LogP contribution in [-0.4, -0.2) is 66.5 Å². The highest BCUT2D eigenvalue weighted by molar-refractivity contribution is 6.30. The smallest absolute Gasteiger partial charge is 0.251 e. The Morgan fingerprint density at radius 2 is 1.72 bits per heavy atom. The first-order valence-corrected chi connectivity index (χ1v) is 9.11. The number of nitrogens with zero attached hydrogens (tertiary/aromatic N) is 2. The van der Waals surface area contributed by atoms with Crippen molar-refractivity contribution in [1.29, 1.82) is 0 Å². The molecule has 0 bridgehead atoms. The van der Waals surface area contributed by atoms with Gasteiger partial charge in [-0.2, -0.15) is 0 Å². The first kappa shape index (κ1) is 18.2. The number of nitrogens with two attached hydrogens (primary N) is 1. The summed E-state index contributed by atoms with van der Waals surface area (Å²) < 4.78 is 5.68. The molecule has 2 heterocycles. The van der Waals surface area contributed by atoms with Crippen molar-refractivity contribution >= 4 is 23.4 Å². The zero-order valence-electron chi connectivity index (χ0n) is 14.2. The van der Waals surface area contributed by atoms with Crippen LogP contribution in [-0.2, 0) is 20.7 Å². The standard InChI is InChI=1S/C18H24ClN3O3/c19-14-3-1-13(2-4-14)11-17(23)21-7-9-22(10-8-21)18(24)16-6-5-15(12-20)25-16/h1-4,15-16H,5-12,20H2/t15-,16+/m1/s1. The lowest BCUT2D eigenvalue weighted by molar-refractivity contribution is -0.147. The highest BCUT2D eigenvalue weighted by atomic mass is 35.5. The molecule has 1 aromatic carbocycles. The number of amides is 2. The van der Waals surface area contributed by atoms with Crippen molar-refractivity contribution in [2.45, 2.75) is 31.5 Å². The minimum Gasteiger partial charge on any atom is -0.364 e. The van der Waals surface area contributed by atoms with E-state index in [1.54, 1.807) is 17.0 Å². The SMILES string of the molecule is NC[C@H]1CC[C@@H](C(=O)N2CCN(C(=O)Cc3ccc(Cl)cc3)CC2)O1. The summed E-state index contributed by atoms with van der Waals surface area (Å²) in [5.74, 6) is 0.107. The fraction of sp³-hybridized carbons (Fsp3) is 0.556. The van der Waals surface area contributed by atoms with Crippen molar-refractivity contribution in [3.8, 4) is 0 Å². The molecule has 2 N–H and O–H groups in total. The van der Waals surface area contributed by atoms with E-state index in [9.17, 15) is 9.59 Å². The van der Waals surface area contributed by atoms with E-state index in [-0.39, 0.29) is 24.0 Å². The molecule has 2 amide bonds. The molecule has 0 unspecified atom stereocenters. The Bertz CT molecular complexity index is 614. The topological polar surface area (TPSA) is 75.9 Å². The lowest BCUT2D eigenvalue weighted by atomic mass is 10.1. The lowest BCUT2D eigenvalue weighted by Gasteiger charge is -2.36. The van der Waals surface area contributed by atoms with Gasteiger partial charge in [0.15, 0.2) is 0 Å². The summed E-state index contributed by atoms with van der Waals surface area (Å²) in [6.45, 7) is 2.68. The minimum absolute atomic E-state index is 0.00353. The summed E-state index contributed by atoms with van der Waals surface area (Å²) in [4.78, 5) is 28.5. The van der Waals surface area contributed by atoms with Crippen LogP contribution in [0.4, 0.5) is 0 Å². The molecule has 0 aliphatic carbocycles. The van der Waals surface area contributed by atoms with Crippen molar-refractivity contribution in [3.05, 3.63) is 34.9 Å². The second-order valence-electron chi connectivity index (χ2n) is 6.57. The third-order valence-electron chi connectivity index (χ3n) is 4.86. The van der Waals surface area contributed by atoms with E-state index in [4.69, 9.17) is 22.1 Å². The normalized spacial score (nSPS) is 23.8. The fourth-order valence-electron chi connectivity index (χ4n) is 3.33. The van der Waals surface area contributed by atoms with Gasteiger partial charge in [0.05, 0.1) is 12.5 Å². The maximum Gasteiger partial charge on any atom is 0.251 e. The Balaban J connectivity index is 1.47. The summed E-state index contributed by atoms with van der Waals surface area (Å²) in [6, 6.07) is 7.31. The van der Waals surface area contributed by atoms with E-state index in [1.807, 2.05) is 17.0 Å². The maximum atomic E-state index is 12.5. The molecule has 2 fully saturated rings. The molecule has 2 aliphatic rings. The third kappa shape index (κ3) is 4.51. The Morgan fingerprint density at radius 1 is 1.08 bits per heavy atom. The Hall–Kier alpha value is -1.63. The van der Waals surface area contributed by atoms with Crippen LogP contribution in [0, 0.1) is 0 Å². The summed E-state index contributed by atoms with van der Waals surface area (Å²) in [5.41, 5.74) is 6.54. The van der Waals surface area contributed by atoms with E-state index >= 15 is 0 Å². The Labute approximate surface area is 152 Å². The molecule has 1 aromatic rings. The average Bonchev–Trinajstić information content (AvgIpc) is 3.12. The van der Waals surface area contributed by atoms with Gasteiger partial charge in [0, 0.05) is 37.7 Å². The fourth-order valence-corrected chi connectivity index (χ4v) is 3.46. The predicted octanol–water partition coefficient (Wildman–Crippen LogP) is 1.06. The number of benzene rings is 1. The predicted molar refractivity (Wildman–Crippen MR) is 95.3 cm³/mol. The number of ether oxygens (including phenoxy) is 1. The van der Waals surface area contributed by atoms with Crippen LogP contribution in [0.25, 0.3) is 0 Å². The van der Waals surface area contributed by atoms with Gasteiger partial charge in [-0.15, -0.1) is 0 Å². The number of hydrogen-bond acceptors (Lipinski definition) is 4. The first-order valence-electron chi connectivity index (χ1n) is 8.73. The summed E-state index contributed by atoms with van der Waals surface area (Å²) >= 11 is 5.86. The summed E-state index contributed by atoms with van der Waals surface area (Å²) in [6.07, 6.45) is 1.55. The number of piperazine rings is 1. The van der Waals surface area contributed by atoms with Crippen molar-refractivity contribution in [3.63, 3.8) is 0 Å². The van der Waals surface area contributed by atoms with Crippen LogP contribution in [0.3, 0.4) is 0 Å². The zero-order valence-corrected chi connectivity index (χ0v) is 15.0. The van der Waals surface area contributed by atoms with Gasteiger partial charge >= 0.3 is 0 Å². The largest absolute Gasteiger partial charge is 0.364 e. The molecule has 0 spiro atoms. The molecule has 2 saturated heterocycles. The number of carbonyl (C=O) groups excluding carboxylic acids is 2. The molecule has 7 heteroatoms. The van der Waals surface area contributed by atoms with Crippen molar-refractivity contribution in [2.24, 2.45) is 5.73 Å². The van der Waals surface area contributed by atoms with Gasteiger partial charge in [0.2, 0.25) is 5.91 Å². The van der Waals surface area contributed by atoms with E-state index < -0.39 is 0 Å². The molecule has 0 radical (unpaired) electrons. The van der Waals surface area contributed by atoms with Crippen LogP contribution in [0.1, 0.15) is 18.4 Å². The molecule has 0 aromatic heterocycles. The van der Waals surface area contributed by atoms with E-state index in [1.165, 1.54) is 0 Å². The number of hydrogen-bond donors (Lipinski definition) is 1. The zero-order chi connectivity index (χ0) is 17.8. The van der Waals surface area contributed by atoms with Crippen molar-refractivity contribution in [2.75, 3.05) is 32.7 Å². The van der Waals surface area contributed by atoms with Gasteiger partial charge in [0.25, 0.3) is 5.91 Å². The molecule has 25 heavy (non-hydrogen) atoms. The monoisotopic (exact) mass is 365 g/mol. The van der Waals surface area contributed by atoms with Crippen LogP contribution >= 0.6 is 11.6 Å². The van der Waals surface area contributed by atoms with E-state index in [2.05, 4.69) is 0 Å². The summed E-state index contributed by atoms with van der Waals surface area (Å²) in [5, 5.41) is 0.661. The molecule has 2 aliphatic heterocycles.